The van der Waals surface area contributed by atoms with Crippen molar-refractivity contribution in [3.8, 4) is 0 Å². The van der Waals surface area contributed by atoms with E-state index in [9.17, 15) is 0 Å². The molecule has 0 aliphatic rings. The summed E-state index contributed by atoms with van der Waals surface area (Å²) in [6.45, 7) is 28.1. The van der Waals surface area contributed by atoms with Crippen LogP contribution in [0.15, 0.2) is 72.6 Å². The number of pyridine rings is 2. The van der Waals surface area contributed by atoms with Crippen LogP contribution in [-0.2, 0) is 29.3 Å². The molecule has 2 heterocycles. The van der Waals surface area contributed by atoms with Gasteiger partial charge in [-0.1, -0.05) is 135 Å². The maximum atomic E-state index is 4.36. The van der Waals surface area contributed by atoms with Crippen molar-refractivity contribution in [1.29, 1.82) is 0 Å². The second-order valence-corrected chi connectivity index (χ2v) is 20.7. The first kappa shape index (κ1) is 43.2. The zero-order valence-electron chi connectivity index (χ0n) is 26.2. The van der Waals surface area contributed by atoms with Crippen molar-refractivity contribution in [3.05, 3.63) is 84.0 Å². The Bertz CT molecular complexity index is 833. The second-order valence-electron chi connectivity index (χ2n) is 13.2. The van der Waals surface area contributed by atoms with Gasteiger partial charge in [0, 0.05) is 36.6 Å². The number of aromatic nitrogens is 2. The van der Waals surface area contributed by atoms with Crippen LogP contribution in [-0.4, -0.2) is 30.6 Å². The summed E-state index contributed by atoms with van der Waals surface area (Å²) < 4.78 is 0. The van der Waals surface area contributed by atoms with Gasteiger partial charge in [0.1, 0.15) is 0 Å². The van der Waals surface area contributed by atoms with E-state index in [1.165, 1.54) is 0 Å². The molecule has 0 unspecified atom stereocenters. The Hall–Kier alpha value is -0.286. The molecule has 0 atom stereocenters. The Morgan fingerprint density at radius 3 is 1.03 bits per heavy atom. The third kappa shape index (κ3) is 18.0. The number of hydrogen-bond acceptors (Lipinski definition) is 2. The SMILES string of the molecule is CC(C)(C)P(C=CCc1ccccn1)C(C)(C)C.CC(C)(C)P(C=CCc1ccccn1)C(C)(C)C.[Cl-].[Cl-].[Ni+2]. The topological polar surface area (TPSA) is 25.8 Å². The van der Waals surface area contributed by atoms with E-state index in [1.54, 1.807) is 0 Å². The Kier molecular flexibility index (Phi) is 21.0. The molecular formula is C32H52Cl2N2NiP2. The van der Waals surface area contributed by atoms with Crippen LogP contribution < -0.4 is 24.8 Å². The van der Waals surface area contributed by atoms with Crippen LogP contribution in [0.2, 0.25) is 0 Å². The fourth-order valence-electron chi connectivity index (χ4n) is 4.50. The monoisotopic (exact) mass is 654 g/mol. The molecule has 224 valence electrons. The molecule has 2 rings (SSSR count). The van der Waals surface area contributed by atoms with Crippen molar-refractivity contribution in [1.82, 2.24) is 9.97 Å². The summed E-state index contributed by atoms with van der Waals surface area (Å²) in [6.07, 6.45) is 10.2. The smallest absolute Gasteiger partial charge is 1.00 e. The van der Waals surface area contributed by atoms with Gasteiger partial charge in [0.15, 0.2) is 0 Å². The van der Waals surface area contributed by atoms with Crippen LogP contribution in [0, 0.1) is 0 Å². The average molecular weight is 656 g/mol. The van der Waals surface area contributed by atoms with Crippen molar-refractivity contribution in [3.63, 3.8) is 0 Å². The molecule has 2 aromatic rings. The van der Waals surface area contributed by atoms with Crippen molar-refractivity contribution in [2.24, 2.45) is 0 Å². The molecule has 0 amide bonds. The minimum Gasteiger partial charge on any atom is -1.00 e. The Balaban J connectivity index is -0.000000617. The minimum atomic E-state index is -0.147. The zero-order valence-corrected chi connectivity index (χ0v) is 30.5. The molecule has 2 aromatic heterocycles. The molecule has 0 aliphatic heterocycles. The van der Waals surface area contributed by atoms with Gasteiger partial charge in [0.25, 0.3) is 0 Å². The van der Waals surface area contributed by atoms with Gasteiger partial charge in [-0.15, -0.1) is 0 Å². The Morgan fingerprint density at radius 2 is 0.821 bits per heavy atom. The first-order valence-corrected chi connectivity index (χ1v) is 16.0. The number of rotatable bonds is 6. The molecule has 0 bridgehead atoms. The first-order chi connectivity index (χ1) is 16.4. The van der Waals surface area contributed by atoms with Gasteiger partial charge in [-0.3, -0.25) is 9.97 Å². The van der Waals surface area contributed by atoms with Crippen molar-refractivity contribution in [2.45, 2.75) is 117 Å². The Morgan fingerprint density at radius 1 is 0.538 bits per heavy atom. The molecule has 0 aromatic carbocycles. The molecular weight excluding hydrogens is 604 g/mol. The fourth-order valence-corrected chi connectivity index (χ4v) is 10.9. The predicted molar refractivity (Wildman–Crippen MR) is 167 cm³/mol. The molecule has 0 saturated carbocycles. The molecule has 0 spiro atoms. The second kappa shape index (κ2) is 19.0. The standard InChI is InChI=1S/2C16H26NP.2ClH.Ni/c2*1-15(2,3)18(16(4,5)6)13-9-11-14-10-7-8-12-17-14;;;/h2*7-10,12-13H,11H2,1-6H3;2*1H;/q;;;;+2/p-2. The summed E-state index contributed by atoms with van der Waals surface area (Å²) in [4.78, 5) is 8.71. The van der Waals surface area contributed by atoms with Gasteiger partial charge in [0.2, 0.25) is 0 Å². The molecule has 0 fully saturated rings. The van der Waals surface area contributed by atoms with Gasteiger partial charge in [-0.2, -0.15) is 0 Å². The van der Waals surface area contributed by atoms with Crippen LogP contribution in [0.25, 0.3) is 0 Å². The molecule has 2 nitrogen and oxygen atoms in total. The maximum absolute atomic E-state index is 4.36. The summed E-state index contributed by atoms with van der Waals surface area (Å²) in [5, 5.41) is 1.42. The van der Waals surface area contributed by atoms with E-state index in [1.807, 2.05) is 36.7 Å². The van der Waals surface area contributed by atoms with Crippen molar-refractivity contribution in [2.75, 3.05) is 0 Å². The average Bonchev–Trinajstić information content (AvgIpc) is 2.73. The van der Waals surface area contributed by atoms with Gasteiger partial charge in [-0.05, 0) is 44.9 Å². The summed E-state index contributed by atoms with van der Waals surface area (Å²) in [5.41, 5.74) is 2.29. The van der Waals surface area contributed by atoms with Gasteiger partial charge >= 0.3 is 16.5 Å². The van der Waals surface area contributed by atoms with Crippen LogP contribution in [0.5, 0.6) is 0 Å². The van der Waals surface area contributed by atoms with Crippen LogP contribution in [0.4, 0.5) is 0 Å². The quantitative estimate of drug-likeness (QED) is 0.340. The summed E-state index contributed by atoms with van der Waals surface area (Å²) in [5.74, 6) is 4.87. The number of nitrogens with zero attached hydrogens (tertiary/aromatic N) is 2. The van der Waals surface area contributed by atoms with Crippen molar-refractivity contribution >= 4 is 15.8 Å². The van der Waals surface area contributed by atoms with Gasteiger partial charge in [-0.25, -0.2) is 0 Å². The molecule has 7 heteroatoms. The summed E-state index contributed by atoms with van der Waals surface area (Å²) >= 11 is 0. The molecule has 0 radical (unpaired) electrons. The van der Waals surface area contributed by atoms with E-state index in [-0.39, 0.29) is 57.1 Å². The molecule has 39 heavy (non-hydrogen) atoms. The zero-order chi connectivity index (χ0) is 27.6. The number of halogens is 2. The Labute approximate surface area is 266 Å². The van der Waals surface area contributed by atoms with Gasteiger partial charge < -0.3 is 24.8 Å². The van der Waals surface area contributed by atoms with E-state index in [4.69, 9.17) is 0 Å². The van der Waals surface area contributed by atoms with E-state index < -0.39 is 0 Å². The minimum absolute atomic E-state index is 0. The fraction of sp³-hybridized carbons (Fsp3) is 0.562. The number of allylic oxidation sites excluding steroid dienone is 2. The van der Waals surface area contributed by atoms with Crippen molar-refractivity contribution < 1.29 is 41.3 Å². The van der Waals surface area contributed by atoms with E-state index in [2.05, 4.69) is 129 Å². The molecule has 0 aliphatic carbocycles. The normalized spacial score (nSPS) is 12.5. The first-order valence-electron chi connectivity index (χ1n) is 13.1. The largest absolute Gasteiger partial charge is 2.00 e. The third-order valence-corrected chi connectivity index (χ3v) is 12.3. The molecule has 0 N–H and O–H groups in total. The van der Waals surface area contributed by atoms with Crippen LogP contribution >= 0.6 is 15.8 Å². The molecule has 0 saturated heterocycles. The van der Waals surface area contributed by atoms with E-state index >= 15 is 0 Å². The summed E-state index contributed by atoms with van der Waals surface area (Å²) in [6, 6.07) is 12.2. The third-order valence-electron chi connectivity index (χ3n) is 5.51. The summed E-state index contributed by atoms with van der Waals surface area (Å²) in [7, 11) is -0.295. The van der Waals surface area contributed by atoms with E-state index in [0.29, 0.717) is 20.6 Å². The van der Waals surface area contributed by atoms with Gasteiger partial charge in [0.05, 0.1) is 0 Å². The van der Waals surface area contributed by atoms with Crippen LogP contribution in [0.1, 0.15) is 94.5 Å². The number of hydrogen-bond donors (Lipinski definition) is 0. The predicted octanol–water partition coefficient (Wildman–Crippen LogP) is 4.44. The van der Waals surface area contributed by atoms with Crippen LogP contribution in [0.3, 0.4) is 0 Å². The maximum Gasteiger partial charge on any atom is 2.00 e. The van der Waals surface area contributed by atoms with E-state index in [0.717, 1.165) is 24.2 Å².